The van der Waals surface area contributed by atoms with Crippen LogP contribution in [0.1, 0.15) is 38.5 Å². The summed E-state index contributed by atoms with van der Waals surface area (Å²) in [7, 11) is 2.17. The van der Waals surface area contributed by atoms with Crippen molar-refractivity contribution in [3.63, 3.8) is 0 Å². The van der Waals surface area contributed by atoms with E-state index in [-0.39, 0.29) is 5.91 Å². The SMILES string of the molecule is CN1CCCCC1CNC(=O)CC1CCNCC1. The van der Waals surface area contributed by atoms with Crippen LogP contribution in [0.4, 0.5) is 0 Å². The molecule has 2 rings (SSSR count). The monoisotopic (exact) mass is 253 g/mol. The second kappa shape index (κ2) is 7.10. The maximum Gasteiger partial charge on any atom is 0.220 e. The lowest BCUT2D eigenvalue weighted by Gasteiger charge is -2.32. The van der Waals surface area contributed by atoms with E-state index in [4.69, 9.17) is 0 Å². The van der Waals surface area contributed by atoms with Gasteiger partial charge in [0.2, 0.25) is 5.91 Å². The minimum Gasteiger partial charge on any atom is -0.355 e. The summed E-state index contributed by atoms with van der Waals surface area (Å²) in [5.74, 6) is 0.844. The van der Waals surface area contributed by atoms with Gasteiger partial charge in [-0.3, -0.25) is 4.79 Å². The molecule has 2 aliphatic rings. The van der Waals surface area contributed by atoms with Gasteiger partial charge in [0.25, 0.3) is 0 Å². The zero-order valence-corrected chi connectivity index (χ0v) is 11.6. The summed E-state index contributed by atoms with van der Waals surface area (Å²) < 4.78 is 0. The van der Waals surface area contributed by atoms with Crippen molar-refractivity contribution < 1.29 is 4.79 Å². The minimum absolute atomic E-state index is 0.251. The highest BCUT2D eigenvalue weighted by atomic mass is 16.1. The molecule has 0 bridgehead atoms. The van der Waals surface area contributed by atoms with E-state index in [0.717, 1.165) is 38.9 Å². The zero-order valence-electron chi connectivity index (χ0n) is 11.6. The number of likely N-dealkylation sites (N-methyl/N-ethyl adjacent to an activating group) is 1. The number of piperidine rings is 2. The maximum atomic E-state index is 11.9. The van der Waals surface area contributed by atoms with Crippen LogP contribution in [0.25, 0.3) is 0 Å². The molecule has 0 aromatic rings. The Balaban J connectivity index is 1.64. The number of carbonyl (C=O) groups excluding carboxylic acids is 1. The van der Waals surface area contributed by atoms with E-state index >= 15 is 0 Å². The second-order valence-corrected chi connectivity index (χ2v) is 5.83. The summed E-state index contributed by atoms with van der Waals surface area (Å²) in [6.07, 6.45) is 6.85. The van der Waals surface area contributed by atoms with E-state index in [1.54, 1.807) is 0 Å². The van der Waals surface area contributed by atoms with Crippen molar-refractivity contribution in [2.24, 2.45) is 5.92 Å². The van der Waals surface area contributed by atoms with Gasteiger partial charge in [0.1, 0.15) is 0 Å². The summed E-state index contributed by atoms with van der Waals surface area (Å²) in [6, 6.07) is 0.552. The van der Waals surface area contributed by atoms with Gasteiger partial charge in [0, 0.05) is 19.0 Å². The molecule has 1 unspecified atom stereocenters. The molecule has 0 spiro atoms. The number of likely N-dealkylation sites (tertiary alicyclic amines) is 1. The van der Waals surface area contributed by atoms with Gasteiger partial charge < -0.3 is 15.5 Å². The summed E-state index contributed by atoms with van der Waals surface area (Å²) in [6.45, 7) is 4.15. The molecule has 104 valence electrons. The van der Waals surface area contributed by atoms with Crippen LogP contribution in [-0.2, 0) is 4.79 Å². The van der Waals surface area contributed by atoms with Crippen molar-refractivity contribution in [3.05, 3.63) is 0 Å². The van der Waals surface area contributed by atoms with Crippen LogP contribution in [0.2, 0.25) is 0 Å². The molecule has 0 aromatic heterocycles. The van der Waals surface area contributed by atoms with Crippen molar-refractivity contribution in [2.45, 2.75) is 44.6 Å². The molecule has 4 heteroatoms. The summed E-state index contributed by atoms with van der Waals surface area (Å²) in [5, 5.41) is 6.47. The van der Waals surface area contributed by atoms with E-state index in [0.29, 0.717) is 12.0 Å². The van der Waals surface area contributed by atoms with Crippen molar-refractivity contribution in [3.8, 4) is 0 Å². The zero-order chi connectivity index (χ0) is 12.8. The predicted octanol–water partition coefficient (Wildman–Crippen LogP) is 0.977. The Labute approximate surface area is 110 Å². The highest BCUT2D eigenvalue weighted by Gasteiger charge is 2.21. The number of hydrogen-bond acceptors (Lipinski definition) is 3. The number of carbonyl (C=O) groups is 1. The Hall–Kier alpha value is -0.610. The van der Waals surface area contributed by atoms with Crippen molar-refractivity contribution in [1.29, 1.82) is 0 Å². The van der Waals surface area contributed by atoms with Gasteiger partial charge in [-0.25, -0.2) is 0 Å². The first-order valence-electron chi connectivity index (χ1n) is 7.43. The molecule has 1 amide bonds. The average Bonchev–Trinajstić information content (AvgIpc) is 2.39. The number of rotatable bonds is 4. The Morgan fingerprint density at radius 1 is 1.28 bits per heavy atom. The van der Waals surface area contributed by atoms with E-state index in [2.05, 4.69) is 22.6 Å². The quantitative estimate of drug-likeness (QED) is 0.785. The van der Waals surface area contributed by atoms with Gasteiger partial charge >= 0.3 is 0 Å². The molecule has 0 aliphatic carbocycles. The highest BCUT2D eigenvalue weighted by Crippen LogP contribution is 2.16. The molecule has 0 aromatic carbocycles. The fraction of sp³-hybridized carbons (Fsp3) is 0.929. The van der Waals surface area contributed by atoms with Gasteiger partial charge in [-0.2, -0.15) is 0 Å². The van der Waals surface area contributed by atoms with Crippen LogP contribution in [0.3, 0.4) is 0 Å². The molecular weight excluding hydrogens is 226 g/mol. The van der Waals surface area contributed by atoms with Crippen molar-refractivity contribution in [2.75, 3.05) is 33.2 Å². The maximum absolute atomic E-state index is 11.9. The lowest BCUT2D eigenvalue weighted by Crippen LogP contribution is -2.45. The minimum atomic E-state index is 0.251. The Morgan fingerprint density at radius 3 is 2.78 bits per heavy atom. The Morgan fingerprint density at radius 2 is 2.06 bits per heavy atom. The fourth-order valence-corrected chi connectivity index (χ4v) is 3.05. The molecule has 0 radical (unpaired) electrons. The van der Waals surface area contributed by atoms with Crippen molar-refractivity contribution in [1.82, 2.24) is 15.5 Å². The third-order valence-electron chi connectivity index (χ3n) is 4.39. The Bertz CT molecular complexity index is 264. The van der Waals surface area contributed by atoms with Gasteiger partial charge in [-0.1, -0.05) is 6.42 Å². The van der Waals surface area contributed by atoms with Crippen LogP contribution in [0, 0.1) is 5.92 Å². The Kier molecular flexibility index (Phi) is 5.45. The fourth-order valence-electron chi connectivity index (χ4n) is 3.05. The molecule has 1 atom stereocenters. The number of nitrogens with zero attached hydrogens (tertiary/aromatic N) is 1. The first-order valence-corrected chi connectivity index (χ1v) is 7.43. The van der Waals surface area contributed by atoms with Gasteiger partial charge in [-0.15, -0.1) is 0 Å². The molecule has 2 saturated heterocycles. The van der Waals surface area contributed by atoms with Crippen LogP contribution >= 0.6 is 0 Å². The van der Waals surface area contributed by atoms with Crippen LogP contribution in [0.5, 0.6) is 0 Å². The number of amides is 1. The van der Waals surface area contributed by atoms with Gasteiger partial charge in [-0.05, 0) is 58.3 Å². The third kappa shape index (κ3) is 4.25. The van der Waals surface area contributed by atoms with Crippen LogP contribution in [0.15, 0.2) is 0 Å². The highest BCUT2D eigenvalue weighted by molar-refractivity contribution is 5.76. The summed E-state index contributed by atoms with van der Waals surface area (Å²) in [4.78, 5) is 14.3. The van der Waals surface area contributed by atoms with E-state index in [1.807, 2.05) is 0 Å². The molecule has 4 nitrogen and oxygen atoms in total. The van der Waals surface area contributed by atoms with Crippen LogP contribution in [-0.4, -0.2) is 50.1 Å². The molecule has 0 saturated carbocycles. The normalized spacial score (nSPS) is 27.1. The molecule has 18 heavy (non-hydrogen) atoms. The average molecular weight is 253 g/mol. The first-order chi connectivity index (χ1) is 8.75. The smallest absolute Gasteiger partial charge is 0.220 e. The lowest BCUT2D eigenvalue weighted by atomic mass is 9.94. The van der Waals surface area contributed by atoms with Gasteiger partial charge in [0.15, 0.2) is 0 Å². The van der Waals surface area contributed by atoms with E-state index in [9.17, 15) is 4.79 Å². The molecule has 2 N–H and O–H groups in total. The molecule has 2 aliphatic heterocycles. The summed E-state index contributed by atoms with van der Waals surface area (Å²) in [5.41, 5.74) is 0. The lowest BCUT2D eigenvalue weighted by molar-refractivity contribution is -0.122. The van der Waals surface area contributed by atoms with E-state index in [1.165, 1.54) is 25.8 Å². The first kappa shape index (κ1) is 13.8. The molecular formula is C14H27N3O. The molecule has 2 heterocycles. The largest absolute Gasteiger partial charge is 0.355 e. The van der Waals surface area contributed by atoms with Crippen LogP contribution < -0.4 is 10.6 Å². The second-order valence-electron chi connectivity index (χ2n) is 5.83. The standard InChI is InChI=1S/C14H27N3O/c1-17-9-3-2-4-13(17)11-16-14(18)10-12-5-7-15-8-6-12/h12-13,15H,2-11H2,1H3,(H,16,18). The number of nitrogens with one attached hydrogen (secondary N) is 2. The molecule has 2 fully saturated rings. The predicted molar refractivity (Wildman–Crippen MR) is 73.5 cm³/mol. The van der Waals surface area contributed by atoms with Crippen molar-refractivity contribution >= 4 is 5.91 Å². The third-order valence-corrected chi connectivity index (χ3v) is 4.39. The van der Waals surface area contributed by atoms with E-state index < -0.39 is 0 Å². The summed E-state index contributed by atoms with van der Waals surface area (Å²) >= 11 is 0. The topological polar surface area (TPSA) is 44.4 Å². The number of hydrogen-bond donors (Lipinski definition) is 2. The van der Waals surface area contributed by atoms with Gasteiger partial charge in [0.05, 0.1) is 0 Å².